The minimum absolute atomic E-state index is 0. The van der Waals surface area contributed by atoms with E-state index in [1.807, 2.05) is 37.3 Å². The Hall–Kier alpha value is -0.912. The van der Waals surface area contributed by atoms with Gasteiger partial charge < -0.3 is 5.11 Å². The van der Waals surface area contributed by atoms with Crippen LogP contribution in [0.25, 0.3) is 0 Å². The van der Waals surface area contributed by atoms with Crippen molar-refractivity contribution in [3.63, 3.8) is 0 Å². The van der Waals surface area contributed by atoms with Crippen molar-refractivity contribution >= 4 is 0 Å². The molecule has 0 aliphatic rings. The molecule has 2 heteroatoms. The fourth-order valence-electron chi connectivity index (χ4n) is 2.05. The smallest absolute Gasteiger partial charge is 0.0607 e. The Morgan fingerprint density at radius 3 is 2.39 bits per heavy atom. The average Bonchev–Trinajstić information content (AvgIpc) is 2.32. The van der Waals surface area contributed by atoms with Crippen LogP contribution in [0, 0.1) is 26.8 Å². The Morgan fingerprint density at radius 2 is 1.72 bits per heavy atom. The van der Waals surface area contributed by atoms with Crippen molar-refractivity contribution < 1.29 is 26.2 Å². The van der Waals surface area contributed by atoms with E-state index in [1.165, 1.54) is 5.56 Å². The zero-order valence-electron chi connectivity index (χ0n) is 10.9. The van der Waals surface area contributed by atoms with E-state index in [-0.39, 0.29) is 21.1 Å². The molecule has 0 amide bonds. The molecule has 18 heavy (non-hydrogen) atoms. The summed E-state index contributed by atoms with van der Waals surface area (Å²) >= 11 is 0. The standard InChI is InChI=1S/C16H17O.W/c1-11-8-6-10-15(13(11)3)16(17)14-9-5-4-7-12(14)2;/h4,6-10,16-17H,1-3H3;/q-1;. The SMILES string of the molecule is Cc1cc[c-]cc1C(O)c1cccc(C)c1C.[W]. The second-order valence-corrected chi connectivity index (χ2v) is 4.47. The first kappa shape index (κ1) is 15.1. The van der Waals surface area contributed by atoms with Gasteiger partial charge in [0.05, 0.1) is 6.10 Å². The maximum Gasteiger partial charge on any atom is 0.0607 e. The first-order valence-electron chi connectivity index (χ1n) is 5.82. The average molecular weight is 409 g/mol. The first-order valence-corrected chi connectivity index (χ1v) is 5.82. The Balaban J connectivity index is 0.00000162. The number of rotatable bonds is 2. The maximum absolute atomic E-state index is 10.5. The summed E-state index contributed by atoms with van der Waals surface area (Å²) in [5.74, 6) is 0. The summed E-state index contributed by atoms with van der Waals surface area (Å²) in [5.41, 5.74) is 5.37. The van der Waals surface area contributed by atoms with Crippen LogP contribution in [-0.2, 0) is 21.1 Å². The van der Waals surface area contributed by atoms with Crippen molar-refractivity contribution in [2.75, 3.05) is 0 Å². The van der Waals surface area contributed by atoms with Crippen molar-refractivity contribution in [2.24, 2.45) is 0 Å². The second-order valence-electron chi connectivity index (χ2n) is 4.47. The van der Waals surface area contributed by atoms with Gasteiger partial charge in [0.1, 0.15) is 0 Å². The van der Waals surface area contributed by atoms with Crippen molar-refractivity contribution in [3.05, 3.63) is 70.3 Å². The minimum atomic E-state index is -0.563. The fraction of sp³-hybridized carbons (Fsp3) is 0.250. The van der Waals surface area contributed by atoms with Crippen LogP contribution < -0.4 is 0 Å². The van der Waals surface area contributed by atoms with Gasteiger partial charge in [0.25, 0.3) is 0 Å². The summed E-state index contributed by atoms with van der Waals surface area (Å²) < 4.78 is 0. The van der Waals surface area contributed by atoms with E-state index in [9.17, 15) is 5.11 Å². The van der Waals surface area contributed by atoms with E-state index in [0.29, 0.717) is 0 Å². The monoisotopic (exact) mass is 409 g/mol. The molecule has 2 aromatic carbocycles. The first-order chi connectivity index (χ1) is 8.11. The summed E-state index contributed by atoms with van der Waals surface area (Å²) in [6, 6.07) is 14.8. The molecule has 0 fully saturated rings. The van der Waals surface area contributed by atoms with Crippen molar-refractivity contribution in [1.82, 2.24) is 0 Å². The van der Waals surface area contributed by atoms with Gasteiger partial charge in [0, 0.05) is 21.1 Å². The molecule has 2 aromatic rings. The summed E-state index contributed by atoms with van der Waals surface area (Å²) in [6.45, 7) is 6.13. The van der Waals surface area contributed by atoms with Crippen molar-refractivity contribution in [3.8, 4) is 0 Å². The van der Waals surface area contributed by atoms with Crippen LogP contribution in [0.2, 0.25) is 0 Å². The van der Waals surface area contributed by atoms with Crippen molar-refractivity contribution in [2.45, 2.75) is 26.9 Å². The molecule has 0 aliphatic carbocycles. The number of hydrogen-bond acceptors (Lipinski definition) is 1. The third-order valence-electron chi connectivity index (χ3n) is 3.36. The Morgan fingerprint density at radius 1 is 1.00 bits per heavy atom. The van der Waals surface area contributed by atoms with E-state index >= 15 is 0 Å². The van der Waals surface area contributed by atoms with Crippen molar-refractivity contribution in [1.29, 1.82) is 0 Å². The number of aliphatic hydroxyl groups excluding tert-OH is 1. The fourth-order valence-corrected chi connectivity index (χ4v) is 2.05. The van der Waals surface area contributed by atoms with Gasteiger partial charge in [-0.3, -0.25) is 0 Å². The van der Waals surface area contributed by atoms with E-state index in [4.69, 9.17) is 0 Å². The van der Waals surface area contributed by atoms with Gasteiger partial charge in [0.2, 0.25) is 0 Å². The van der Waals surface area contributed by atoms with Gasteiger partial charge in [-0.2, -0.15) is 29.8 Å². The number of benzene rings is 2. The molecular weight excluding hydrogens is 392 g/mol. The zero-order valence-corrected chi connectivity index (χ0v) is 13.8. The molecule has 0 saturated heterocycles. The predicted octanol–water partition coefficient (Wildman–Crippen LogP) is 3.49. The van der Waals surface area contributed by atoms with Gasteiger partial charge in [0.15, 0.2) is 0 Å². The quantitative estimate of drug-likeness (QED) is 0.754. The summed E-state index contributed by atoms with van der Waals surface area (Å²) in [6.07, 6.45) is -0.563. The van der Waals surface area contributed by atoms with Gasteiger partial charge >= 0.3 is 0 Å². The van der Waals surface area contributed by atoms with Crippen LogP contribution >= 0.6 is 0 Å². The summed E-state index contributed by atoms with van der Waals surface area (Å²) in [4.78, 5) is 0. The molecule has 0 heterocycles. The number of hydrogen-bond donors (Lipinski definition) is 1. The molecule has 0 bridgehead atoms. The van der Waals surface area contributed by atoms with Crippen LogP contribution in [-0.4, -0.2) is 5.11 Å². The van der Waals surface area contributed by atoms with E-state index in [1.54, 1.807) is 0 Å². The molecule has 0 saturated carbocycles. The molecule has 94 valence electrons. The predicted molar refractivity (Wildman–Crippen MR) is 70.0 cm³/mol. The largest absolute Gasteiger partial charge is 0.396 e. The zero-order chi connectivity index (χ0) is 12.4. The topological polar surface area (TPSA) is 20.2 Å². The van der Waals surface area contributed by atoms with Crippen LogP contribution in [0.4, 0.5) is 0 Å². The molecule has 0 aliphatic heterocycles. The maximum atomic E-state index is 10.5. The van der Waals surface area contributed by atoms with Gasteiger partial charge in [-0.15, -0.1) is 5.56 Å². The van der Waals surface area contributed by atoms with Crippen LogP contribution in [0.3, 0.4) is 0 Å². The van der Waals surface area contributed by atoms with E-state index in [0.717, 1.165) is 22.3 Å². The summed E-state index contributed by atoms with van der Waals surface area (Å²) in [7, 11) is 0. The van der Waals surface area contributed by atoms with Gasteiger partial charge in [-0.25, -0.2) is 0 Å². The molecule has 0 radical (unpaired) electrons. The third kappa shape index (κ3) is 2.91. The molecule has 1 nitrogen and oxygen atoms in total. The van der Waals surface area contributed by atoms with Crippen LogP contribution in [0.5, 0.6) is 0 Å². The van der Waals surface area contributed by atoms with Gasteiger partial charge in [-0.05, 0) is 30.5 Å². The molecular formula is C16H17OW-. The Kier molecular flexibility index (Phi) is 5.31. The second kappa shape index (κ2) is 6.31. The molecule has 2 rings (SSSR count). The minimum Gasteiger partial charge on any atom is -0.396 e. The molecule has 0 aromatic heterocycles. The molecule has 0 spiro atoms. The number of aryl methyl sites for hydroxylation is 2. The normalized spacial score (nSPS) is 11.8. The van der Waals surface area contributed by atoms with E-state index < -0.39 is 6.10 Å². The molecule has 1 unspecified atom stereocenters. The van der Waals surface area contributed by atoms with E-state index in [2.05, 4.69) is 26.0 Å². The number of aliphatic hydroxyl groups is 1. The Bertz CT molecular complexity index is 534. The van der Waals surface area contributed by atoms with Gasteiger partial charge in [-0.1, -0.05) is 25.1 Å². The summed E-state index contributed by atoms with van der Waals surface area (Å²) in [5, 5.41) is 10.5. The van der Waals surface area contributed by atoms with Crippen LogP contribution in [0.1, 0.15) is 33.9 Å². The van der Waals surface area contributed by atoms with Crippen LogP contribution in [0.15, 0.2) is 36.4 Å². The Labute approximate surface area is 123 Å². The third-order valence-corrected chi connectivity index (χ3v) is 3.36. The molecule has 1 N–H and O–H groups in total. The molecule has 1 atom stereocenters.